The molecule has 0 aliphatic carbocycles. The summed E-state index contributed by atoms with van der Waals surface area (Å²) >= 11 is 0. The Morgan fingerprint density at radius 1 is 1.19 bits per heavy atom. The molecule has 1 heterocycles. The maximum absolute atomic E-state index is 6.10. The van der Waals surface area contributed by atoms with Gasteiger partial charge in [0, 0.05) is 24.5 Å². The molecule has 0 radical (unpaired) electrons. The number of aryl methyl sites for hydroxylation is 1. The van der Waals surface area contributed by atoms with Crippen LogP contribution in [-0.2, 0) is 6.42 Å². The summed E-state index contributed by atoms with van der Waals surface area (Å²) in [6, 6.07) is 12.0. The van der Waals surface area contributed by atoms with Crippen LogP contribution in [0.4, 0.5) is 5.69 Å². The van der Waals surface area contributed by atoms with Crippen molar-refractivity contribution in [2.24, 2.45) is 4.99 Å². The molecule has 110 valence electrons. The van der Waals surface area contributed by atoms with Crippen molar-refractivity contribution in [1.82, 2.24) is 4.98 Å². The zero-order valence-corrected chi connectivity index (χ0v) is 14.1. The van der Waals surface area contributed by atoms with E-state index in [0.717, 1.165) is 23.6 Å². The Bertz CT molecular complexity index is 618. The van der Waals surface area contributed by atoms with Crippen LogP contribution in [0.5, 0.6) is 5.75 Å². The molecule has 0 saturated carbocycles. The second-order valence-electron chi connectivity index (χ2n) is 6.02. The summed E-state index contributed by atoms with van der Waals surface area (Å²) in [4.78, 5) is 8.87. The Hall–Kier alpha value is -1.94. The van der Waals surface area contributed by atoms with Crippen molar-refractivity contribution < 1.29 is 4.43 Å². The predicted octanol–water partition coefficient (Wildman–Crippen LogP) is 4.55. The number of nitrogens with zero attached hydrogens (tertiary/aromatic N) is 2. The molecule has 0 saturated heterocycles. The van der Waals surface area contributed by atoms with Crippen LogP contribution in [0.3, 0.4) is 0 Å². The molecule has 0 spiro atoms. The van der Waals surface area contributed by atoms with E-state index in [9.17, 15) is 0 Å². The lowest BCUT2D eigenvalue weighted by Gasteiger charge is -2.20. The maximum atomic E-state index is 6.10. The Kier molecular flexibility index (Phi) is 4.91. The fourth-order valence-electron chi connectivity index (χ4n) is 1.90. The Balaban J connectivity index is 2.16. The van der Waals surface area contributed by atoms with E-state index < -0.39 is 8.32 Å². The first-order valence-electron chi connectivity index (χ1n) is 7.16. The second kappa shape index (κ2) is 6.67. The van der Waals surface area contributed by atoms with Crippen LogP contribution < -0.4 is 4.43 Å². The molecule has 1 aromatic heterocycles. The van der Waals surface area contributed by atoms with Crippen molar-refractivity contribution in [3.63, 3.8) is 0 Å². The van der Waals surface area contributed by atoms with Gasteiger partial charge in [-0.3, -0.25) is 9.98 Å². The summed E-state index contributed by atoms with van der Waals surface area (Å²) in [7, 11) is -1.64. The minimum Gasteiger partial charge on any atom is -0.543 e. The number of aromatic nitrogens is 1. The van der Waals surface area contributed by atoms with Gasteiger partial charge in [-0.15, -0.1) is 0 Å². The van der Waals surface area contributed by atoms with E-state index in [4.69, 9.17) is 4.43 Å². The molecule has 2 aromatic rings. The van der Waals surface area contributed by atoms with Crippen LogP contribution in [0.15, 0.2) is 47.6 Å². The summed E-state index contributed by atoms with van der Waals surface area (Å²) in [6.07, 6.45) is 4.42. The van der Waals surface area contributed by atoms with Crippen molar-refractivity contribution >= 4 is 20.2 Å². The lowest BCUT2D eigenvalue weighted by atomic mass is 10.2. The fraction of sp³-hybridized carbons (Fsp3) is 0.294. The topological polar surface area (TPSA) is 34.5 Å². The van der Waals surface area contributed by atoms with Crippen LogP contribution in [0.1, 0.15) is 11.3 Å². The monoisotopic (exact) mass is 298 g/mol. The Labute approximate surface area is 127 Å². The molecule has 0 aliphatic rings. The summed E-state index contributed by atoms with van der Waals surface area (Å²) in [6.45, 7) is 8.59. The summed E-state index contributed by atoms with van der Waals surface area (Å²) in [5.41, 5.74) is 3.10. The number of pyridine rings is 1. The van der Waals surface area contributed by atoms with Gasteiger partial charge in [-0.05, 0) is 56.4 Å². The lowest BCUT2D eigenvalue weighted by Crippen LogP contribution is -2.29. The highest BCUT2D eigenvalue weighted by atomic mass is 28.4. The first-order valence-corrected chi connectivity index (χ1v) is 10.6. The van der Waals surface area contributed by atoms with Gasteiger partial charge < -0.3 is 4.43 Å². The molecule has 0 unspecified atom stereocenters. The molecular weight excluding hydrogens is 276 g/mol. The molecule has 4 heteroatoms. The summed E-state index contributed by atoms with van der Waals surface area (Å²) in [5, 5.41) is 0. The molecule has 0 bridgehead atoms. The third kappa shape index (κ3) is 5.15. The van der Waals surface area contributed by atoms with Gasteiger partial charge in [0.1, 0.15) is 11.4 Å². The van der Waals surface area contributed by atoms with Gasteiger partial charge in [0.25, 0.3) is 0 Å². The molecule has 1 aromatic carbocycles. The lowest BCUT2D eigenvalue weighted by molar-refractivity contribution is 0.559. The summed E-state index contributed by atoms with van der Waals surface area (Å²) < 4.78 is 6.10. The van der Waals surface area contributed by atoms with E-state index in [2.05, 4.69) is 48.7 Å². The Morgan fingerprint density at radius 3 is 2.67 bits per heavy atom. The van der Waals surface area contributed by atoms with Crippen LogP contribution >= 0.6 is 0 Å². The molecule has 0 fully saturated rings. The normalized spacial score (nSPS) is 11.8. The quantitative estimate of drug-likeness (QED) is 0.599. The van der Waals surface area contributed by atoms with Crippen molar-refractivity contribution in [3.8, 4) is 5.75 Å². The zero-order valence-electron chi connectivity index (χ0n) is 13.1. The van der Waals surface area contributed by atoms with E-state index in [1.807, 2.05) is 30.5 Å². The number of benzene rings is 1. The highest BCUT2D eigenvalue weighted by Gasteiger charge is 2.18. The maximum Gasteiger partial charge on any atom is 0.242 e. The number of rotatable bonds is 5. The average Bonchev–Trinajstić information content (AvgIpc) is 2.42. The first-order chi connectivity index (χ1) is 9.94. The highest BCUT2D eigenvalue weighted by molar-refractivity contribution is 6.70. The highest BCUT2D eigenvalue weighted by Crippen LogP contribution is 2.30. The van der Waals surface area contributed by atoms with Gasteiger partial charge in [0.05, 0.1) is 0 Å². The SMILES string of the molecule is Cc1ccc(O[Si](C)(C)C)c(N=CCc2ccccn2)c1. The van der Waals surface area contributed by atoms with Crippen LogP contribution in [0, 0.1) is 6.92 Å². The molecule has 0 amide bonds. The fourth-order valence-corrected chi connectivity index (χ4v) is 2.73. The van der Waals surface area contributed by atoms with Gasteiger partial charge in [-0.25, -0.2) is 0 Å². The largest absolute Gasteiger partial charge is 0.543 e. The Morgan fingerprint density at radius 2 is 2.00 bits per heavy atom. The molecule has 0 atom stereocenters. The van der Waals surface area contributed by atoms with Crippen LogP contribution in [0.2, 0.25) is 19.6 Å². The van der Waals surface area contributed by atoms with Crippen LogP contribution in [0.25, 0.3) is 0 Å². The van der Waals surface area contributed by atoms with Crippen molar-refractivity contribution in [2.75, 3.05) is 0 Å². The zero-order chi connectivity index (χ0) is 15.3. The van der Waals surface area contributed by atoms with Crippen molar-refractivity contribution in [3.05, 3.63) is 53.9 Å². The van der Waals surface area contributed by atoms with E-state index >= 15 is 0 Å². The van der Waals surface area contributed by atoms with Gasteiger partial charge >= 0.3 is 0 Å². The average molecular weight is 298 g/mol. The molecular formula is C17H22N2OSi. The predicted molar refractivity (Wildman–Crippen MR) is 91.2 cm³/mol. The van der Waals surface area contributed by atoms with E-state index in [1.54, 1.807) is 6.20 Å². The molecule has 0 N–H and O–H groups in total. The minimum atomic E-state index is -1.64. The third-order valence-corrected chi connectivity index (χ3v) is 3.62. The van der Waals surface area contributed by atoms with E-state index in [1.165, 1.54) is 5.56 Å². The standard InChI is InChI=1S/C17H22N2OSi/c1-14-8-9-17(20-21(2,3)4)16(13-14)19-12-10-15-7-5-6-11-18-15/h5-9,11-13H,10H2,1-4H3. The third-order valence-electron chi connectivity index (χ3n) is 2.79. The van der Waals surface area contributed by atoms with Gasteiger partial charge in [-0.1, -0.05) is 12.1 Å². The first kappa shape index (κ1) is 15.4. The molecule has 21 heavy (non-hydrogen) atoms. The smallest absolute Gasteiger partial charge is 0.242 e. The van der Waals surface area contributed by atoms with Gasteiger partial charge in [-0.2, -0.15) is 0 Å². The van der Waals surface area contributed by atoms with Crippen molar-refractivity contribution in [2.45, 2.75) is 33.0 Å². The van der Waals surface area contributed by atoms with E-state index in [0.29, 0.717) is 0 Å². The van der Waals surface area contributed by atoms with Crippen LogP contribution in [-0.4, -0.2) is 19.5 Å². The summed E-state index contributed by atoms with van der Waals surface area (Å²) in [5.74, 6) is 0.872. The molecule has 0 aliphatic heterocycles. The van der Waals surface area contributed by atoms with Gasteiger partial charge in [0.15, 0.2) is 0 Å². The number of aliphatic imine (C=N–C) groups is 1. The van der Waals surface area contributed by atoms with E-state index in [-0.39, 0.29) is 0 Å². The second-order valence-corrected chi connectivity index (χ2v) is 10.5. The van der Waals surface area contributed by atoms with Gasteiger partial charge in [0.2, 0.25) is 8.32 Å². The van der Waals surface area contributed by atoms with Crippen molar-refractivity contribution in [1.29, 1.82) is 0 Å². The number of hydrogen-bond acceptors (Lipinski definition) is 3. The number of hydrogen-bond donors (Lipinski definition) is 0. The molecule has 2 rings (SSSR count). The molecule has 3 nitrogen and oxygen atoms in total. The minimum absolute atomic E-state index is 0.723.